The fourth-order valence-electron chi connectivity index (χ4n) is 1.93. The number of aromatic hydroxyl groups is 2. The highest BCUT2D eigenvalue weighted by molar-refractivity contribution is 5.47. The maximum absolute atomic E-state index is 9.67. The third-order valence-electron chi connectivity index (χ3n) is 2.82. The van der Waals surface area contributed by atoms with Gasteiger partial charge in [-0.3, -0.25) is 0 Å². The van der Waals surface area contributed by atoms with Gasteiger partial charge in [-0.05, 0) is 36.5 Å². The molecule has 0 saturated carbocycles. The molecule has 0 saturated heterocycles. The minimum atomic E-state index is 0.0254. The second-order valence-electron chi connectivity index (χ2n) is 4.33. The first kappa shape index (κ1) is 12.9. The Bertz CT molecular complexity index is 332. The topological polar surface area (TPSA) is 40.5 Å². The van der Waals surface area contributed by atoms with Gasteiger partial charge in [-0.15, -0.1) is 0 Å². The lowest BCUT2D eigenvalue weighted by atomic mass is 10.0. The standard InChI is InChI=1S/C14H22O2/c1-3-5-6-8-11-9-12(7-4-2)14(16)13(15)10-11/h9-10,15-16H,3-8H2,1-2H3. The Hall–Kier alpha value is -1.18. The average molecular weight is 222 g/mol. The number of hydrogen-bond donors (Lipinski definition) is 2. The number of rotatable bonds is 6. The predicted octanol–water partition coefficient (Wildman–Crippen LogP) is 3.78. The summed E-state index contributed by atoms with van der Waals surface area (Å²) < 4.78 is 0. The fraction of sp³-hybridized carbons (Fsp3) is 0.571. The van der Waals surface area contributed by atoms with Crippen molar-refractivity contribution in [3.63, 3.8) is 0 Å². The largest absolute Gasteiger partial charge is 0.504 e. The van der Waals surface area contributed by atoms with E-state index in [1.807, 2.05) is 6.07 Å². The van der Waals surface area contributed by atoms with Gasteiger partial charge in [0.2, 0.25) is 0 Å². The second kappa shape index (κ2) is 6.41. The zero-order chi connectivity index (χ0) is 12.0. The number of benzene rings is 1. The van der Waals surface area contributed by atoms with E-state index in [1.54, 1.807) is 6.07 Å². The van der Waals surface area contributed by atoms with Crippen molar-refractivity contribution in [3.05, 3.63) is 23.3 Å². The van der Waals surface area contributed by atoms with Crippen molar-refractivity contribution in [2.75, 3.05) is 0 Å². The van der Waals surface area contributed by atoms with E-state index in [-0.39, 0.29) is 11.5 Å². The fourth-order valence-corrected chi connectivity index (χ4v) is 1.93. The van der Waals surface area contributed by atoms with E-state index >= 15 is 0 Å². The molecule has 0 amide bonds. The van der Waals surface area contributed by atoms with Gasteiger partial charge in [0.25, 0.3) is 0 Å². The molecule has 0 bridgehead atoms. The quantitative estimate of drug-likeness (QED) is 0.568. The molecule has 0 unspecified atom stereocenters. The van der Waals surface area contributed by atoms with Gasteiger partial charge < -0.3 is 10.2 Å². The SMILES string of the molecule is CCCCCc1cc(O)c(O)c(CCC)c1. The third-order valence-corrected chi connectivity index (χ3v) is 2.82. The number of aryl methyl sites for hydroxylation is 2. The summed E-state index contributed by atoms with van der Waals surface area (Å²) in [5.74, 6) is 0.0820. The third kappa shape index (κ3) is 3.44. The van der Waals surface area contributed by atoms with Gasteiger partial charge >= 0.3 is 0 Å². The molecule has 0 atom stereocenters. The molecule has 0 radical (unpaired) electrons. The molecule has 0 aromatic heterocycles. The molecule has 0 fully saturated rings. The van der Waals surface area contributed by atoms with Crippen LogP contribution < -0.4 is 0 Å². The summed E-state index contributed by atoms with van der Waals surface area (Å²) in [5, 5.41) is 19.3. The van der Waals surface area contributed by atoms with E-state index in [1.165, 1.54) is 12.8 Å². The van der Waals surface area contributed by atoms with Crippen molar-refractivity contribution >= 4 is 0 Å². The van der Waals surface area contributed by atoms with Crippen LogP contribution in [-0.4, -0.2) is 10.2 Å². The molecule has 2 N–H and O–H groups in total. The Morgan fingerprint density at radius 3 is 2.31 bits per heavy atom. The summed E-state index contributed by atoms with van der Waals surface area (Å²) >= 11 is 0. The Balaban J connectivity index is 2.77. The van der Waals surface area contributed by atoms with Gasteiger partial charge in [-0.2, -0.15) is 0 Å². The highest BCUT2D eigenvalue weighted by Gasteiger charge is 2.08. The highest BCUT2D eigenvalue weighted by atomic mass is 16.3. The Kier molecular flexibility index (Phi) is 5.17. The molecule has 0 heterocycles. The summed E-state index contributed by atoms with van der Waals surface area (Å²) in [5.41, 5.74) is 2.00. The lowest BCUT2D eigenvalue weighted by Crippen LogP contribution is -1.91. The van der Waals surface area contributed by atoms with Crippen LogP contribution in [0.5, 0.6) is 11.5 Å². The predicted molar refractivity (Wildman–Crippen MR) is 67.0 cm³/mol. The summed E-state index contributed by atoms with van der Waals surface area (Å²) in [6, 6.07) is 3.71. The average Bonchev–Trinajstić information content (AvgIpc) is 2.26. The first-order chi connectivity index (χ1) is 7.69. The van der Waals surface area contributed by atoms with Crippen molar-refractivity contribution in [2.24, 2.45) is 0 Å². The Morgan fingerprint density at radius 2 is 1.69 bits per heavy atom. The molecular weight excluding hydrogens is 200 g/mol. The van der Waals surface area contributed by atoms with Crippen molar-refractivity contribution in [3.8, 4) is 11.5 Å². The minimum Gasteiger partial charge on any atom is -0.504 e. The number of hydrogen-bond acceptors (Lipinski definition) is 2. The van der Waals surface area contributed by atoms with Crippen LogP contribution in [-0.2, 0) is 12.8 Å². The van der Waals surface area contributed by atoms with Crippen LogP contribution >= 0.6 is 0 Å². The van der Waals surface area contributed by atoms with Gasteiger partial charge in [0.1, 0.15) is 0 Å². The molecule has 90 valence electrons. The molecule has 2 heteroatoms. The second-order valence-corrected chi connectivity index (χ2v) is 4.33. The van der Waals surface area contributed by atoms with Crippen molar-refractivity contribution < 1.29 is 10.2 Å². The van der Waals surface area contributed by atoms with Gasteiger partial charge in [0, 0.05) is 0 Å². The molecular formula is C14H22O2. The van der Waals surface area contributed by atoms with Crippen molar-refractivity contribution in [1.29, 1.82) is 0 Å². The smallest absolute Gasteiger partial charge is 0.160 e. The molecule has 0 aliphatic carbocycles. The van der Waals surface area contributed by atoms with Crippen LogP contribution in [0.1, 0.15) is 50.7 Å². The number of phenols is 2. The normalized spacial score (nSPS) is 10.6. The first-order valence-electron chi connectivity index (χ1n) is 6.22. The summed E-state index contributed by atoms with van der Waals surface area (Å²) in [4.78, 5) is 0. The molecule has 0 aliphatic rings. The lowest BCUT2D eigenvalue weighted by molar-refractivity contribution is 0.398. The molecule has 2 nitrogen and oxygen atoms in total. The maximum Gasteiger partial charge on any atom is 0.160 e. The monoisotopic (exact) mass is 222 g/mol. The van der Waals surface area contributed by atoms with Crippen LogP contribution in [0, 0.1) is 0 Å². The first-order valence-corrected chi connectivity index (χ1v) is 6.22. The van der Waals surface area contributed by atoms with E-state index in [2.05, 4.69) is 13.8 Å². The molecule has 1 aromatic carbocycles. The maximum atomic E-state index is 9.67. The minimum absolute atomic E-state index is 0.0254. The summed E-state index contributed by atoms with van der Waals surface area (Å²) in [6.45, 7) is 4.25. The summed E-state index contributed by atoms with van der Waals surface area (Å²) in [7, 11) is 0. The van der Waals surface area contributed by atoms with E-state index < -0.39 is 0 Å². The van der Waals surface area contributed by atoms with Crippen LogP contribution in [0.3, 0.4) is 0 Å². The molecule has 1 rings (SSSR count). The number of unbranched alkanes of at least 4 members (excludes halogenated alkanes) is 2. The van der Waals surface area contributed by atoms with Crippen LogP contribution in [0.4, 0.5) is 0 Å². The lowest BCUT2D eigenvalue weighted by Gasteiger charge is -2.09. The van der Waals surface area contributed by atoms with Crippen LogP contribution in [0.2, 0.25) is 0 Å². The highest BCUT2D eigenvalue weighted by Crippen LogP contribution is 2.31. The van der Waals surface area contributed by atoms with Crippen molar-refractivity contribution in [2.45, 2.75) is 52.4 Å². The van der Waals surface area contributed by atoms with Crippen molar-refractivity contribution in [1.82, 2.24) is 0 Å². The molecule has 0 aliphatic heterocycles. The molecule has 1 aromatic rings. The van der Waals surface area contributed by atoms with Crippen LogP contribution in [0.15, 0.2) is 12.1 Å². The Labute approximate surface area is 97.9 Å². The summed E-state index contributed by atoms with van der Waals surface area (Å²) in [6.07, 6.45) is 6.34. The molecule has 16 heavy (non-hydrogen) atoms. The number of phenolic OH excluding ortho intramolecular Hbond substituents is 2. The van der Waals surface area contributed by atoms with E-state index in [9.17, 15) is 10.2 Å². The Morgan fingerprint density at radius 1 is 0.938 bits per heavy atom. The van der Waals surface area contributed by atoms with E-state index in [0.717, 1.165) is 36.8 Å². The zero-order valence-electron chi connectivity index (χ0n) is 10.3. The van der Waals surface area contributed by atoms with E-state index in [0.29, 0.717) is 0 Å². The van der Waals surface area contributed by atoms with Crippen LogP contribution in [0.25, 0.3) is 0 Å². The van der Waals surface area contributed by atoms with Gasteiger partial charge in [0.05, 0.1) is 0 Å². The van der Waals surface area contributed by atoms with Gasteiger partial charge in [-0.1, -0.05) is 39.2 Å². The van der Waals surface area contributed by atoms with E-state index in [4.69, 9.17) is 0 Å². The molecule has 0 spiro atoms. The van der Waals surface area contributed by atoms with Gasteiger partial charge in [-0.25, -0.2) is 0 Å². The zero-order valence-corrected chi connectivity index (χ0v) is 10.3. The van der Waals surface area contributed by atoms with Gasteiger partial charge in [0.15, 0.2) is 11.5 Å².